The standard InChI is InChI=1S/C17H20N4S/c1-12-11-13-16(21-9-4-7-18-8-10-21)19-14-5-2-3-6-15(14)20-17(13)22-12/h2-3,5-6,11,18,20H,4,7-10H2,1H3. The maximum Gasteiger partial charge on any atom is 0.139 e. The number of anilines is 2. The number of fused-ring (bicyclic) bond motifs is 2. The maximum atomic E-state index is 5.02. The summed E-state index contributed by atoms with van der Waals surface area (Å²) in [5, 5.41) is 8.25. The van der Waals surface area contributed by atoms with Crippen LogP contribution in [0.2, 0.25) is 0 Å². The van der Waals surface area contributed by atoms with Crippen molar-refractivity contribution >= 4 is 33.5 Å². The van der Waals surface area contributed by atoms with Crippen LogP contribution in [0.25, 0.3) is 0 Å². The summed E-state index contributed by atoms with van der Waals surface area (Å²) in [5.41, 5.74) is 3.35. The summed E-state index contributed by atoms with van der Waals surface area (Å²) >= 11 is 1.81. The summed E-state index contributed by atoms with van der Waals surface area (Å²) in [6.07, 6.45) is 1.16. The number of rotatable bonds is 0. The molecule has 0 saturated carbocycles. The molecule has 1 fully saturated rings. The fourth-order valence-corrected chi connectivity index (χ4v) is 3.97. The number of amidine groups is 1. The number of nitrogens with zero attached hydrogens (tertiary/aromatic N) is 2. The third-order valence-electron chi connectivity index (χ3n) is 4.11. The minimum absolute atomic E-state index is 1.01. The van der Waals surface area contributed by atoms with E-state index >= 15 is 0 Å². The zero-order chi connectivity index (χ0) is 14.9. The zero-order valence-corrected chi connectivity index (χ0v) is 13.5. The summed E-state index contributed by atoms with van der Waals surface area (Å²) in [7, 11) is 0. The molecule has 2 aromatic rings. The van der Waals surface area contributed by atoms with E-state index in [4.69, 9.17) is 4.99 Å². The van der Waals surface area contributed by atoms with Crippen molar-refractivity contribution in [1.82, 2.24) is 10.2 Å². The summed E-state index contributed by atoms with van der Waals surface area (Å²) in [4.78, 5) is 8.76. The minimum atomic E-state index is 1.01. The van der Waals surface area contributed by atoms with Gasteiger partial charge in [0.05, 0.1) is 16.9 Å². The molecule has 0 atom stereocenters. The van der Waals surface area contributed by atoms with Gasteiger partial charge in [-0.05, 0) is 38.1 Å². The first kappa shape index (κ1) is 13.8. The monoisotopic (exact) mass is 312 g/mol. The van der Waals surface area contributed by atoms with Gasteiger partial charge >= 0.3 is 0 Å². The van der Waals surface area contributed by atoms with Crippen LogP contribution in [0.15, 0.2) is 35.3 Å². The SMILES string of the molecule is Cc1cc2c(s1)Nc1ccccc1N=C2N1CCCNCC1. The molecule has 5 heteroatoms. The second kappa shape index (κ2) is 5.74. The third kappa shape index (κ3) is 2.51. The summed E-state index contributed by atoms with van der Waals surface area (Å²) in [6, 6.07) is 10.6. The van der Waals surface area contributed by atoms with Gasteiger partial charge in [0, 0.05) is 24.5 Å². The molecular formula is C17H20N4S. The predicted octanol–water partition coefficient (Wildman–Crippen LogP) is 3.49. The van der Waals surface area contributed by atoms with E-state index in [2.05, 4.69) is 52.8 Å². The van der Waals surface area contributed by atoms with Crippen LogP contribution in [0, 0.1) is 6.92 Å². The molecule has 1 aromatic heterocycles. The van der Waals surface area contributed by atoms with Crippen LogP contribution in [-0.2, 0) is 0 Å². The minimum Gasteiger partial charge on any atom is -0.355 e. The first-order valence-corrected chi connectivity index (χ1v) is 8.64. The van der Waals surface area contributed by atoms with E-state index in [-0.39, 0.29) is 0 Å². The average molecular weight is 312 g/mol. The lowest BCUT2D eigenvalue weighted by molar-refractivity contribution is 0.447. The summed E-state index contributed by atoms with van der Waals surface area (Å²) in [5.74, 6) is 1.11. The highest BCUT2D eigenvalue weighted by Gasteiger charge is 2.23. The molecule has 2 aliphatic rings. The Kier molecular flexibility index (Phi) is 3.60. The van der Waals surface area contributed by atoms with Crippen LogP contribution in [0.1, 0.15) is 16.9 Å². The summed E-state index contributed by atoms with van der Waals surface area (Å²) in [6.45, 7) is 6.34. The number of hydrogen-bond acceptors (Lipinski definition) is 5. The number of aliphatic imine (C=N–C) groups is 1. The van der Waals surface area contributed by atoms with Crippen LogP contribution in [0.3, 0.4) is 0 Å². The van der Waals surface area contributed by atoms with Crippen LogP contribution in [0.4, 0.5) is 16.4 Å². The number of aryl methyl sites for hydroxylation is 1. The van der Waals surface area contributed by atoms with Gasteiger partial charge in [-0.1, -0.05) is 12.1 Å². The first-order chi connectivity index (χ1) is 10.8. The van der Waals surface area contributed by atoms with Crippen LogP contribution in [-0.4, -0.2) is 36.9 Å². The Balaban J connectivity index is 1.83. The third-order valence-corrected chi connectivity index (χ3v) is 5.08. The van der Waals surface area contributed by atoms with Crippen molar-refractivity contribution in [3.8, 4) is 0 Å². The van der Waals surface area contributed by atoms with Crippen molar-refractivity contribution < 1.29 is 0 Å². The van der Waals surface area contributed by atoms with Crippen molar-refractivity contribution in [2.24, 2.45) is 4.99 Å². The van der Waals surface area contributed by atoms with Gasteiger partial charge in [-0.2, -0.15) is 0 Å². The molecule has 22 heavy (non-hydrogen) atoms. The highest BCUT2D eigenvalue weighted by molar-refractivity contribution is 7.16. The van der Waals surface area contributed by atoms with Gasteiger partial charge < -0.3 is 15.5 Å². The van der Waals surface area contributed by atoms with E-state index in [0.29, 0.717) is 0 Å². The van der Waals surface area contributed by atoms with Gasteiger partial charge in [0.2, 0.25) is 0 Å². The molecular weight excluding hydrogens is 292 g/mol. The molecule has 2 N–H and O–H groups in total. The van der Waals surface area contributed by atoms with Gasteiger partial charge in [0.1, 0.15) is 10.8 Å². The Hall–Kier alpha value is -1.85. The Morgan fingerprint density at radius 3 is 3.05 bits per heavy atom. The van der Waals surface area contributed by atoms with Crippen molar-refractivity contribution in [3.05, 3.63) is 40.8 Å². The molecule has 2 aliphatic heterocycles. The molecule has 0 spiro atoms. The summed E-state index contributed by atoms with van der Waals surface area (Å²) < 4.78 is 0. The van der Waals surface area contributed by atoms with Crippen molar-refractivity contribution in [2.45, 2.75) is 13.3 Å². The number of hydrogen-bond donors (Lipinski definition) is 2. The normalized spacial score (nSPS) is 17.7. The molecule has 4 nitrogen and oxygen atoms in total. The van der Waals surface area contributed by atoms with E-state index in [9.17, 15) is 0 Å². The number of thiophene rings is 1. The van der Waals surface area contributed by atoms with Gasteiger partial charge in [-0.3, -0.25) is 0 Å². The number of para-hydroxylation sites is 2. The van der Waals surface area contributed by atoms with Crippen LogP contribution < -0.4 is 10.6 Å². The van der Waals surface area contributed by atoms with Crippen molar-refractivity contribution in [1.29, 1.82) is 0 Å². The van der Waals surface area contributed by atoms with E-state index in [0.717, 1.165) is 49.8 Å². The van der Waals surface area contributed by atoms with E-state index in [1.54, 1.807) is 11.3 Å². The molecule has 4 rings (SSSR count). The Bertz CT molecular complexity index is 711. The van der Waals surface area contributed by atoms with Gasteiger partial charge in [0.15, 0.2) is 0 Å². The van der Waals surface area contributed by atoms with Crippen molar-refractivity contribution in [2.75, 3.05) is 31.5 Å². The van der Waals surface area contributed by atoms with Gasteiger partial charge in [-0.25, -0.2) is 4.99 Å². The molecule has 0 bridgehead atoms. The topological polar surface area (TPSA) is 39.7 Å². The smallest absolute Gasteiger partial charge is 0.139 e. The maximum absolute atomic E-state index is 5.02. The van der Waals surface area contributed by atoms with E-state index in [1.807, 2.05) is 0 Å². The second-order valence-corrected chi connectivity index (χ2v) is 7.02. The second-order valence-electron chi connectivity index (χ2n) is 5.77. The lowest BCUT2D eigenvalue weighted by atomic mass is 10.2. The Morgan fingerprint density at radius 1 is 1.18 bits per heavy atom. The van der Waals surface area contributed by atoms with Crippen molar-refractivity contribution in [3.63, 3.8) is 0 Å². The molecule has 114 valence electrons. The quantitative estimate of drug-likeness (QED) is 0.782. The molecule has 1 aromatic carbocycles. The fraction of sp³-hybridized carbons (Fsp3) is 0.353. The largest absolute Gasteiger partial charge is 0.355 e. The lowest BCUT2D eigenvalue weighted by Crippen LogP contribution is -2.34. The highest BCUT2D eigenvalue weighted by Crippen LogP contribution is 2.39. The van der Waals surface area contributed by atoms with Crippen LogP contribution in [0.5, 0.6) is 0 Å². The van der Waals surface area contributed by atoms with Gasteiger partial charge in [-0.15, -0.1) is 11.3 Å². The zero-order valence-electron chi connectivity index (χ0n) is 12.7. The first-order valence-electron chi connectivity index (χ1n) is 7.82. The average Bonchev–Trinajstić information content (AvgIpc) is 2.72. The molecule has 0 radical (unpaired) electrons. The van der Waals surface area contributed by atoms with E-state index in [1.165, 1.54) is 15.4 Å². The number of nitrogens with one attached hydrogen (secondary N) is 2. The molecule has 0 amide bonds. The fourth-order valence-electron chi connectivity index (χ4n) is 3.05. The molecule has 1 saturated heterocycles. The van der Waals surface area contributed by atoms with Crippen LogP contribution >= 0.6 is 11.3 Å². The Morgan fingerprint density at radius 2 is 2.09 bits per heavy atom. The molecule has 0 aliphatic carbocycles. The molecule has 3 heterocycles. The lowest BCUT2D eigenvalue weighted by Gasteiger charge is -2.23. The predicted molar refractivity (Wildman–Crippen MR) is 94.0 cm³/mol. The van der Waals surface area contributed by atoms with E-state index < -0.39 is 0 Å². The number of benzene rings is 1. The van der Waals surface area contributed by atoms with Gasteiger partial charge in [0.25, 0.3) is 0 Å². The Labute approximate surface area is 134 Å². The highest BCUT2D eigenvalue weighted by atomic mass is 32.1. The molecule has 0 unspecified atom stereocenters.